The average molecular weight is 376 g/mol. The molecule has 1 amide bonds. The number of amides is 1. The predicted octanol–water partition coefficient (Wildman–Crippen LogP) is 2.72. The van der Waals surface area contributed by atoms with Crippen molar-refractivity contribution in [3.63, 3.8) is 0 Å². The van der Waals surface area contributed by atoms with E-state index in [9.17, 15) is 4.79 Å². The summed E-state index contributed by atoms with van der Waals surface area (Å²) in [5.74, 6) is -0.156. The van der Waals surface area contributed by atoms with Gasteiger partial charge in [0.05, 0.1) is 22.7 Å². The zero-order valence-electron chi connectivity index (χ0n) is 14.5. The Hall–Kier alpha value is -3.52. The van der Waals surface area contributed by atoms with Crippen LogP contribution in [0.4, 0.5) is 5.95 Å². The maximum atomic E-state index is 12.6. The lowest BCUT2D eigenvalue weighted by atomic mass is 10.1. The number of anilines is 1. The molecule has 7 nitrogen and oxygen atoms in total. The summed E-state index contributed by atoms with van der Waals surface area (Å²) in [4.78, 5) is 26.3. The molecule has 0 atom stereocenters. The first-order valence-corrected chi connectivity index (χ1v) is 9.09. The summed E-state index contributed by atoms with van der Waals surface area (Å²) < 4.78 is 1.96. The number of carbonyl (C=O) groups is 1. The van der Waals surface area contributed by atoms with Crippen LogP contribution in [0.25, 0.3) is 27.9 Å². The topological polar surface area (TPSA) is 98.2 Å². The number of thiazole rings is 1. The number of hydrogen-bond acceptors (Lipinski definition) is 6. The number of fused-ring (bicyclic) bond motifs is 1. The van der Waals surface area contributed by atoms with Crippen LogP contribution in [0.1, 0.15) is 11.4 Å². The molecule has 1 aromatic carbocycles. The normalized spacial score (nSPS) is 11.7. The molecule has 0 aliphatic carbocycles. The van der Waals surface area contributed by atoms with Crippen LogP contribution in [0.2, 0.25) is 0 Å². The highest BCUT2D eigenvalue weighted by Crippen LogP contribution is 2.29. The molecule has 3 N–H and O–H groups in total. The van der Waals surface area contributed by atoms with Gasteiger partial charge in [0.25, 0.3) is 5.91 Å². The van der Waals surface area contributed by atoms with Gasteiger partial charge in [-0.05, 0) is 12.1 Å². The van der Waals surface area contributed by atoms with Crippen LogP contribution in [0.15, 0.2) is 54.2 Å². The number of likely N-dealkylation sites (N-methyl/N-ethyl adjacent to an activating group) is 1. The van der Waals surface area contributed by atoms with Crippen LogP contribution in [0, 0.1) is 0 Å². The van der Waals surface area contributed by atoms with Crippen LogP contribution in [0.5, 0.6) is 0 Å². The Bertz CT molecular complexity index is 1150. The third kappa shape index (κ3) is 3.18. The molecular formula is C19H16N6OS. The van der Waals surface area contributed by atoms with Crippen molar-refractivity contribution >= 4 is 39.8 Å². The van der Waals surface area contributed by atoms with Gasteiger partial charge in [0.1, 0.15) is 0 Å². The molecule has 3 heterocycles. The molecule has 27 heavy (non-hydrogen) atoms. The highest BCUT2D eigenvalue weighted by atomic mass is 32.1. The number of nitrogen functional groups attached to an aromatic ring is 1. The first-order chi connectivity index (χ1) is 13.2. The summed E-state index contributed by atoms with van der Waals surface area (Å²) in [6.07, 6.45) is 5.25. The number of rotatable bonds is 4. The molecule has 0 aliphatic rings. The molecule has 0 fully saturated rings. The minimum absolute atomic E-state index is 0.111. The number of imidazole rings is 1. The van der Waals surface area contributed by atoms with Gasteiger partial charge in [0.2, 0.25) is 5.95 Å². The van der Waals surface area contributed by atoms with Crippen molar-refractivity contribution in [3.8, 4) is 11.3 Å². The van der Waals surface area contributed by atoms with Crippen molar-refractivity contribution in [1.29, 1.82) is 0 Å². The zero-order valence-corrected chi connectivity index (χ0v) is 15.3. The maximum absolute atomic E-state index is 12.6. The van der Waals surface area contributed by atoms with E-state index in [1.807, 2.05) is 46.3 Å². The molecule has 0 aliphatic heterocycles. The first kappa shape index (κ1) is 16.9. The monoisotopic (exact) mass is 376 g/mol. The Morgan fingerprint density at radius 2 is 2.04 bits per heavy atom. The molecule has 0 saturated carbocycles. The second-order valence-corrected chi connectivity index (χ2v) is 6.58. The molecule has 0 unspecified atom stereocenters. The van der Waals surface area contributed by atoms with Gasteiger partial charge >= 0.3 is 0 Å². The van der Waals surface area contributed by atoms with E-state index in [2.05, 4.69) is 15.3 Å². The van der Waals surface area contributed by atoms with E-state index < -0.39 is 0 Å². The summed E-state index contributed by atoms with van der Waals surface area (Å²) in [5, 5.41) is 4.62. The smallest absolute Gasteiger partial charge is 0.253 e. The number of nitrogens with two attached hydrogens (primary N) is 1. The lowest BCUT2D eigenvalue weighted by molar-refractivity contribution is -0.115. The zero-order chi connectivity index (χ0) is 18.8. The molecule has 4 rings (SSSR count). The van der Waals surface area contributed by atoms with Crippen LogP contribution in [-0.4, -0.2) is 32.3 Å². The van der Waals surface area contributed by atoms with Crippen molar-refractivity contribution in [2.75, 3.05) is 12.8 Å². The first-order valence-electron chi connectivity index (χ1n) is 8.21. The van der Waals surface area contributed by atoms with Gasteiger partial charge in [-0.2, -0.15) is 0 Å². The van der Waals surface area contributed by atoms with Gasteiger partial charge in [-0.1, -0.05) is 30.3 Å². The maximum Gasteiger partial charge on any atom is 0.253 e. The highest BCUT2D eigenvalue weighted by Gasteiger charge is 2.18. The van der Waals surface area contributed by atoms with Gasteiger partial charge in [0, 0.05) is 30.4 Å². The molecule has 0 radical (unpaired) electrons. The van der Waals surface area contributed by atoms with Gasteiger partial charge in [-0.25, -0.2) is 15.0 Å². The van der Waals surface area contributed by atoms with E-state index in [0.29, 0.717) is 11.3 Å². The number of aromatic nitrogens is 4. The Labute approximate surface area is 159 Å². The van der Waals surface area contributed by atoms with Crippen molar-refractivity contribution in [3.05, 3.63) is 65.6 Å². The second-order valence-electron chi connectivity index (χ2n) is 5.70. The number of nitrogens with zero attached hydrogens (tertiary/aromatic N) is 4. The van der Waals surface area contributed by atoms with Gasteiger partial charge in [-0.3, -0.25) is 9.20 Å². The van der Waals surface area contributed by atoms with E-state index in [1.54, 1.807) is 19.2 Å². The Balaban J connectivity index is 1.96. The highest BCUT2D eigenvalue weighted by molar-refractivity contribution is 7.15. The van der Waals surface area contributed by atoms with E-state index in [0.717, 1.165) is 21.9 Å². The van der Waals surface area contributed by atoms with Crippen molar-refractivity contribution in [2.24, 2.45) is 0 Å². The third-order valence-electron chi connectivity index (χ3n) is 4.05. The van der Waals surface area contributed by atoms with Crippen LogP contribution in [0.3, 0.4) is 0 Å². The molecule has 4 aromatic rings. The molecule has 0 bridgehead atoms. The van der Waals surface area contributed by atoms with Crippen LogP contribution >= 0.6 is 11.3 Å². The Kier molecular flexibility index (Phi) is 4.39. The van der Waals surface area contributed by atoms with Gasteiger partial charge in [-0.15, -0.1) is 11.3 Å². The number of hydrogen-bond donors (Lipinski definition) is 2. The Morgan fingerprint density at radius 1 is 1.22 bits per heavy atom. The van der Waals surface area contributed by atoms with E-state index in [1.165, 1.54) is 17.5 Å². The summed E-state index contributed by atoms with van der Waals surface area (Å²) in [5.41, 5.74) is 9.11. The standard InChI is InChI=1S/C19H16N6OS/c1-21-17(26)13(14-7-8-22-18(20)23-14)11-15-16(12-5-3-2-4-6-12)24-19-25(15)9-10-27-19/h2-11H,1H3,(H,21,26)(H2,20,22,23)/b13-11-. The molecule has 0 saturated heterocycles. The second kappa shape index (κ2) is 7.00. The SMILES string of the molecule is CNC(=O)/C(=C\c1c(-c2ccccc2)nc2sccn12)c1ccnc(N)n1. The predicted molar refractivity (Wildman–Crippen MR) is 107 cm³/mol. The fraction of sp³-hybridized carbons (Fsp3) is 0.0526. The van der Waals surface area contributed by atoms with Crippen molar-refractivity contribution < 1.29 is 4.79 Å². The summed E-state index contributed by atoms with van der Waals surface area (Å²) in [6.45, 7) is 0. The average Bonchev–Trinajstić information content (AvgIpc) is 3.28. The van der Waals surface area contributed by atoms with E-state index in [-0.39, 0.29) is 11.9 Å². The number of carbonyl (C=O) groups excluding carboxylic acids is 1. The summed E-state index contributed by atoms with van der Waals surface area (Å²) in [6, 6.07) is 11.5. The molecular weight excluding hydrogens is 360 g/mol. The van der Waals surface area contributed by atoms with Crippen LogP contribution < -0.4 is 11.1 Å². The third-order valence-corrected chi connectivity index (χ3v) is 4.81. The summed E-state index contributed by atoms with van der Waals surface area (Å²) in [7, 11) is 1.58. The quantitative estimate of drug-likeness (QED) is 0.534. The minimum atomic E-state index is -0.266. The lowest BCUT2D eigenvalue weighted by Crippen LogP contribution is -2.20. The van der Waals surface area contributed by atoms with Crippen molar-refractivity contribution in [2.45, 2.75) is 0 Å². The number of benzene rings is 1. The van der Waals surface area contributed by atoms with Crippen molar-refractivity contribution in [1.82, 2.24) is 24.7 Å². The fourth-order valence-corrected chi connectivity index (χ4v) is 3.52. The fourth-order valence-electron chi connectivity index (χ4n) is 2.80. The minimum Gasteiger partial charge on any atom is -0.368 e. The largest absolute Gasteiger partial charge is 0.368 e. The molecule has 0 spiro atoms. The molecule has 3 aromatic heterocycles. The Morgan fingerprint density at radius 3 is 2.78 bits per heavy atom. The lowest BCUT2D eigenvalue weighted by Gasteiger charge is -2.07. The molecule has 8 heteroatoms. The van der Waals surface area contributed by atoms with E-state index in [4.69, 9.17) is 10.7 Å². The van der Waals surface area contributed by atoms with Gasteiger partial charge < -0.3 is 11.1 Å². The van der Waals surface area contributed by atoms with E-state index >= 15 is 0 Å². The van der Waals surface area contributed by atoms with Gasteiger partial charge in [0.15, 0.2) is 4.96 Å². The molecule has 134 valence electrons. The number of nitrogens with one attached hydrogen (secondary N) is 1. The summed E-state index contributed by atoms with van der Waals surface area (Å²) >= 11 is 1.53. The van der Waals surface area contributed by atoms with Crippen LogP contribution in [-0.2, 0) is 4.79 Å².